The number of benzene rings is 3. The van der Waals surface area contributed by atoms with Gasteiger partial charge in [-0.05, 0) is 23.6 Å². The fourth-order valence-corrected chi connectivity index (χ4v) is 5.00. The molecular formula is C34H33N3O4. The van der Waals surface area contributed by atoms with Crippen LogP contribution in [0.1, 0.15) is 39.6 Å². The highest BCUT2D eigenvalue weighted by atomic mass is 16.5. The predicted octanol–water partition coefficient (Wildman–Crippen LogP) is 5.71. The molecule has 7 heteroatoms. The van der Waals surface area contributed by atoms with Gasteiger partial charge in [-0.15, -0.1) is 6.58 Å². The van der Waals surface area contributed by atoms with Gasteiger partial charge in [0.1, 0.15) is 31.7 Å². The van der Waals surface area contributed by atoms with Crippen LogP contribution in [0.3, 0.4) is 0 Å². The van der Waals surface area contributed by atoms with Crippen molar-refractivity contribution in [2.75, 3.05) is 24.8 Å². The third kappa shape index (κ3) is 5.94. The van der Waals surface area contributed by atoms with Gasteiger partial charge in [-0.2, -0.15) is 0 Å². The number of hydrogen-bond donors (Lipinski definition) is 0. The van der Waals surface area contributed by atoms with Gasteiger partial charge in [-0.3, -0.25) is 19.3 Å². The van der Waals surface area contributed by atoms with Gasteiger partial charge in [-0.25, -0.2) is 0 Å². The summed E-state index contributed by atoms with van der Waals surface area (Å²) in [5, 5.41) is 2.07. The Hall–Kier alpha value is -5.04. The Morgan fingerprint density at radius 1 is 0.829 bits per heavy atom. The van der Waals surface area contributed by atoms with E-state index in [0.717, 1.165) is 16.7 Å². The minimum absolute atomic E-state index is 0.0256. The lowest BCUT2D eigenvalue weighted by Gasteiger charge is -2.44. The molecule has 4 aromatic rings. The second kappa shape index (κ2) is 12.9. The molecule has 1 aliphatic heterocycles. The maximum absolute atomic E-state index is 13.9. The molecule has 208 valence electrons. The summed E-state index contributed by atoms with van der Waals surface area (Å²) in [5.74, 6) is 0.462. The van der Waals surface area contributed by atoms with Gasteiger partial charge in [0, 0.05) is 24.4 Å². The quantitative estimate of drug-likeness (QED) is 0.213. The highest BCUT2D eigenvalue weighted by Gasteiger charge is 2.37. The van der Waals surface area contributed by atoms with Crippen molar-refractivity contribution < 1.29 is 14.3 Å². The summed E-state index contributed by atoms with van der Waals surface area (Å²) in [6, 6.07) is 28.6. The molecule has 1 aromatic heterocycles. The summed E-state index contributed by atoms with van der Waals surface area (Å²) in [6.45, 7) is 8.86. The number of rotatable bonds is 12. The molecule has 0 N–H and O–H groups in total. The van der Waals surface area contributed by atoms with Crippen molar-refractivity contribution in [1.29, 1.82) is 0 Å². The third-order valence-corrected chi connectivity index (χ3v) is 6.93. The van der Waals surface area contributed by atoms with E-state index in [0.29, 0.717) is 25.3 Å². The molecule has 0 aliphatic carbocycles. The molecular weight excluding hydrogens is 514 g/mol. The van der Waals surface area contributed by atoms with Crippen LogP contribution in [0.15, 0.2) is 127 Å². The van der Waals surface area contributed by atoms with Crippen LogP contribution in [-0.2, 0) is 6.61 Å². The number of aromatic nitrogens is 1. The molecule has 1 aliphatic rings. The summed E-state index contributed by atoms with van der Waals surface area (Å²) < 4.78 is 13.9. The third-order valence-electron chi connectivity index (χ3n) is 6.93. The number of ether oxygens (including phenoxy) is 2. The molecule has 0 spiro atoms. The first-order chi connectivity index (χ1) is 20.1. The maximum atomic E-state index is 13.9. The fraction of sp³-hybridized carbons (Fsp3) is 0.176. The van der Waals surface area contributed by atoms with Gasteiger partial charge in [0.05, 0.1) is 0 Å². The smallest absolute Gasteiger partial charge is 0.277 e. The molecule has 7 nitrogen and oxygen atoms in total. The molecule has 0 radical (unpaired) electrons. The first-order valence-electron chi connectivity index (χ1n) is 13.6. The van der Waals surface area contributed by atoms with Gasteiger partial charge >= 0.3 is 0 Å². The molecule has 3 aromatic carbocycles. The lowest BCUT2D eigenvalue weighted by atomic mass is 9.97. The average Bonchev–Trinajstić information content (AvgIpc) is 3.01. The van der Waals surface area contributed by atoms with Crippen molar-refractivity contribution >= 4 is 5.91 Å². The van der Waals surface area contributed by atoms with E-state index in [-0.39, 0.29) is 42.1 Å². The largest absolute Gasteiger partial charge is 0.489 e. The number of para-hydroxylation sites is 1. The van der Waals surface area contributed by atoms with E-state index in [1.807, 2.05) is 72.8 Å². The lowest BCUT2D eigenvalue weighted by Crippen LogP contribution is -2.55. The zero-order chi connectivity index (χ0) is 28.6. The first-order valence-corrected chi connectivity index (χ1v) is 13.6. The summed E-state index contributed by atoms with van der Waals surface area (Å²) >= 11 is 0. The highest BCUT2D eigenvalue weighted by Crippen LogP contribution is 2.36. The molecule has 2 heterocycles. The van der Waals surface area contributed by atoms with E-state index >= 15 is 0 Å². The number of pyridine rings is 1. The average molecular weight is 548 g/mol. The van der Waals surface area contributed by atoms with E-state index in [1.54, 1.807) is 27.9 Å². The highest BCUT2D eigenvalue weighted by molar-refractivity contribution is 5.96. The van der Waals surface area contributed by atoms with Crippen LogP contribution in [0.4, 0.5) is 0 Å². The Kier molecular flexibility index (Phi) is 8.64. The van der Waals surface area contributed by atoms with Crippen molar-refractivity contribution in [3.05, 3.63) is 155 Å². The van der Waals surface area contributed by atoms with Crippen LogP contribution in [0.25, 0.3) is 0 Å². The molecule has 1 atom stereocenters. The standard InChI is InChI=1S/C34H33N3O4/c1-3-5-21-35-25-37(31(27-16-10-7-11-17-27)28-18-12-13-19-30(28)40-23-4-2)36-22-20-29(38)33(32(36)34(35)39)41-24-26-14-8-6-9-15-26/h3-4,6-20,22,31H,1-2,5,21,23-25H2. The monoisotopic (exact) mass is 547 g/mol. The number of hydrogen-bond acceptors (Lipinski definition) is 5. The first kappa shape index (κ1) is 27.5. The maximum Gasteiger partial charge on any atom is 0.277 e. The van der Waals surface area contributed by atoms with Crippen LogP contribution in [-0.4, -0.2) is 35.3 Å². The minimum atomic E-state index is -0.361. The molecule has 1 unspecified atom stereocenters. The van der Waals surface area contributed by atoms with Crippen LogP contribution >= 0.6 is 0 Å². The van der Waals surface area contributed by atoms with E-state index in [1.165, 1.54) is 6.07 Å². The van der Waals surface area contributed by atoms with Crippen LogP contribution < -0.4 is 19.9 Å². The van der Waals surface area contributed by atoms with Crippen molar-refractivity contribution in [3.63, 3.8) is 0 Å². The SMILES string of the molecule is C=CCCN1CN(C(c2ccccc2)c2ccccc2OCC=C)n2ccc(=O)c(OCc3ccccc3)c2C1=O. The second-order valence-corrected chi connectivity index (χ2v) is 9.65. The Bertz CT molecular complexity index is 1570. The molecule has 0 saturated heterocycles. The number of carbonyl (C=O) groups is 1. The number of nitrogens with zero attached hydrogens (tertiary/aromatic N) is 3. The number of amides is 1. The number of fused-ring (bicyclic) bond motifs is 1. The normalized spacial score (nSPS) is 13.3. The number of carbonyl (C=O) groups excluding carboxylic acids is 1. The second-order valence-electron chi connectivity index (χ2n) is 9.65. The Labute approximate surface area is 240 Å². The van der Waals surface area contributed by atoms with Crippen LogP contribution in [0.2, 0.25) is 0 Å². The fourth-order valence-electron chi connectivity index (χ4n) is 5.00. The summed E-state index contributed by atoms with van der Waals surface area (Å²) in [5.41, 5.74) is 2.64. The summed E-state index contributed by atoms with van der Waals surface area (Å²) in [6.07, 6.45) is 5.75. The van der Waals surface area contributed by atoms with Gasteiger partial charge in [-0.1, -0.05) is 97.6 Å². The zero-order valence-electron chi connectivity index (χ0n) is 22.9. The lowest BCUT2D eigenvalue weighted by molar-refractivity contribution is 0.0679. The zero-order valence-corrected chi connectivity index (χ0v) is 22.9. The molecule has 0 saturated carbocycles. The molecule has 5 rings (SSSR count). The molecule has 41 heavy (non-hydrogen) atoms. The van der Waals surface area contributed by atoms with Crippen LogP contribution in [0.5, 0.6) is 11.5 Å². The summed E-state index contributed by atoms with van der Waals surface area (Å²) in [7, 11) is 0. The molecule has 1 amide bonds. The van der Waals surface area contributed by atoms with Crippen LogP contribution in [0, 0.1) is 0 Å². The van der Waals surface area contributed by atoms with Crippen molar-refractivity contribution in [2.24, 2.45) is 0 Å². The van der Waals surface area contributed by atoms with Crippen molar-refractivity contribution in [1.82, 2.24) is 9.58 Å². The molecule has 0 bridgehead atoms. The van der Waals surface area contributed by atoms with Gasteiger partial charge in [0.2, 0.25) is 5.43 Å². The van der Waals surface area contributed by atoms with Gasteiger partial charge < -0.3 is 14.4 Å². The van der Waals surface area contributed by atoms with E-state index < -0.39 is 0 Å². The van der Waals surface area contributed by atoms with Crippen molar-refractivity contribution in [2.45, 2.75) is 19.1 Å². The van der Waals surface area contributed by atoms with E-state index in [2.05, 4.69) is 30.3 Å². The van der Waals surface area contributed by atoms with E-state index in [4.69, 9.17) is 9.47 Å². The Balaban J connectivity index is 1.67. The Morgan fingerprint density at radius 3 is 2.27 bits per heavy atom. The minimum Gasteiger partial charge on any atom is -0.489 e. The van der Waals surface area contributed by atoms with Crippen molar-refractivity contribution in [3.8, 4) is 11.5 Å². The topological polar surface area (TPSA) is 64.0 Å². The molecule has 0 fully saturated rings. The van der Waals surface area contributed by atoms with E-state index in [9.17, 15) is 9.59 Å². The predicted molar refractivity (Wildman–Crippen MR) is 161 cm³/mol. The summed E-state index contributed by atoms with van der Waals surface area (Å²) in [4.78, 5) is 28.9. The van der Waals surface area contributed by atoms with Gasteiger partial charge in [0.15, 0.2) is 11.4 Å². The Morgan fingerprint density at radius 2 is 1.54 bits per heavy atom. The van der Waals surface area contributed by atoms with Gasteiger partial charge in [0.25, 0.3) is 5.91 Å².